The molecule has 150 valence electrons. The highest BCUT2D eigenvalue weighted by Gasteiger charge is 2.13. The summed E-state index contributed by atoms with van der Waals surface area (Å²) in [5, 5.41) is 5.63. The number of nitrogens with one attached hydrogen (secondary N) is 2. The van der Waals surface area contributed by atoms with Gasteiger partial charge in [0.05, 0.1) is 19.6 Å². The Morgan fingerprint density at radius 3 is 2.36 bits per heavy atom. The zero-order valence-corrected chi connectivity index (χ0v) is 17.9. The van der Waals surface area contributed by atoms with Crippen molar-refractivity contribution in [2.75, 3.05) is 18.5 Å². The molecule has 2 amide bonds. The minimum atomic E-state index is -0.133. The van der Waals surface area contributed by atoms with Crippen LogP contribution in [0, 0.1) is 0 Å². The number of rotatable bonds is 9. The molecule has 0 aliphatic rings. The first-order valence-electron chi connectivity index (χ1n) is 9.14. The lowest BCUT2D eigenvalue weighted by Gasteiger charge is -2.14. The second kappa shape index (κ2) is 10.7. The molecule has 0 saturated carbocycles. The van der Waals surface area contributed by atoms with Crippen LogP contribution in [-0.2, 0) is 22.6 Å². The number of halogens is 1. The smallest absolute Gasteiger partial charge is 0.224 e. The topological polar surface area (TPSA) is 76.7 Å². The predicted octanol–water partition coefficient (Wildman–Crippen LogP) is 4.06. The molecule has 0 atom stereocenters. The van der Waals surface area contributed by atoms with Crippen molar-refractivity contribution >= 4 is 33.4 Å². The molecule has 2 aromatic rings. The molecule has 0 bridgehead atoms. The zero-order valence-electron chi connectivity index (χ0n) is 16.3. The molecule has 2 rings (SSSR count). The van der Waals surface area contributed by atoms with E-state index in [1.807, 2.05) is 44.2 Å². The number of hydrogen-bond donors (Lipinski definition) is 2. The normalized spacial score (nSPS) is 10.3. The Labute approximate surface area is 173 Å². The Balaban J connectivity index is 2.02. The van der Waals surface area contributed by atoms with Gasteiger partial charge in [0.2, 0.25) is 11.8 Å². The van der Waals surface area contributed by atoms with E-state index in [2.05, 4.69) is 26.6 Å². The van der Waals surface area contributed by atoms with Crippen LogP contribution in [0.4, 0.5) is 5.69 Å². The first-order chi connectivity index (χ1) is 13.4. The molecule has 0 aliphatic heterocycles. The first kappa shape index (κ1) is 21.8. The maximum absolute atomic E-state index is 12.4. The molecule has 0 aromatic heterocycles. The Kier molecular flexibility index (Phi) is 8.32. The predicted molar refractivity (Wildman–Crippen MR) is 113 cm³/mol. The minimum Gasteiger partial charge on any atom is -0.490 e. The third-order valence-corrected chi connectivity index (χ3v) is 4.54. The number of carbonyl (C=O) groups excluding carboxylic acids is 2. The van der Waals surface area contributed by atoms with E-state index in [-0.39, 0.29) is 18.2 Å². The van der Waals surface area contributed by atoms with Gasteiger partial charge in [-0.3, -0.25) is 9.59 Å². The highest BCUT2D eigenvalue weighted by atomic mass is 79.9. The number of benzene rings is 2. The molecule has 7 heteroatoms. The fourth-order valence-corrected chi connectivity index (χ4v) is 3.11. The summed E-state index contributed by atoms with van der Waals surface area (Å²) in [4.78, 5) is 23.6. The van der Waals surface area contributed by atoms with Crippen LogP contribution in [-0.4, -0.2) is 25.0 Å². The lowest BCUT2D eigenvalue weighted by molar-refractivity contribution is -0.120. The van der Waals surface area contributed by atoms with E-state index >= 15 is 0 Å². The van der Waals surface area contributed by atoms with Crippen LogP contribution in [0.1, 0.15) is 31.9 Å². The van der Waals surface area contributed by atoms with Crippen LogP contribution in [0.2, 0.25) is 0 Å². The van der Waals surface area contributed by atoms with Crippen LogP contribution < -0.4 is 20.1 Å². The van der Waals surface area contributed by atoms with Gasteiger partial charge in [0.15, 0.2) is 11.5 Å². The van der Waals surface area contributed by atoms with E-state index in [1.165, 1.54) is 6.92 Å². The average Bonchev–Trinajstić information content (AvgIpc) is 2.64. The Morgan fingerprint density at radius 1 is 1.04 bits per heavy atom. The lowest BCUT2D eigenvalue weighted by atomic mass is 10.1. The van der Waals surface area contributed by atoms with Gasteiger partial charge in [0.25, 0.3) is 0 Å². The summed E-state index contributed by atoms with van der Waals surface area (Å²) >= 11 is 3.50. The van der Waals surface area contributed by atoms with Crippen LogP contribution in [0.5, 0.6) is 11.5 Å². The summed E-state index contributed by atoms with van der Waals surface area (Å²) in [6, 6.07) is 11.0. The van der Waals surface area contributed by atoms with Crippen molar-refractivity contribution in [2.24, 2.45) is 0 Å². The van der Waals surface area contributed by atoms with Crippen molar-refractivity contribution in [3.8, 4) is 11.5 Å². The van der Waals surface area contributed by atoms with E-state index in [4.69, 9.17) is 9.47 Å². The van der Waals surface area contributed by atoms with E-state index in [0.29, 0.717) is 36.9 Å². The summed E-state index contributed by atoms with van der Waals surface area (Å²) in [6.45, 7) is 6.69. The molecule has 0 spiro atoms. The van der Waals surface area contributed by atoms with Gasteiger partial charge in [-0.25, -0.2) is 0 Å². The molecule has 28 heavy (non-hydrogen) atoms. The van der Waals surface area contributed by atoms with Crippen molar-refractivity contribution in [3.63, 3.8) is 0 Å². The van der Waals surface area contributed by atoms with Gasteiger partial charge in [0.1, 0.15) is 0 Å². The molecule has 2 aromatic carbocycles. The van der Waals surface area contributed by atoms with Gasteiger partial charge >= 0.3 is 0 Å². The molecule has 0 unspecified atom stereocenters. The van der Waals surface area contributed by atoms with Gasteiger partial charge < -0.3 is 20.1 Å². The second-order valence-electron chi connectivity index (χ2n) is 6.09. The molecule has 0 aliphatic carbocycles. The molecular formula is C21H25BrN2O4. The summed E-state index contributed by atoms with van der Waals surface area (Å²) in [6.07, 6.45) is 0.207. The number of anilines is 1. The standard InChI is InChI=1S/C21H25BrN2O4/c1-4-27-19-10-16(18(22)12-20(19)28-5-2)11-21(26)23-13-15-7-6-8-17(9-15)24-14(3)25/h6-10,12H,4-5,11,13H2,1-3H3,(H,23,26)(H,24,25). The molecule has 0 fully saturated rings. The fourth-order valence-electron chi connectivity index (χ4n) is 2.65. The van der Waals surface area contributed by atoms with Gasteiger partial charge in [0, 0.05) is 23.6 Å². The third-order valence-electron chi connectivity index (χ3n) is 3.80. The molecule has 2 N–H and O–H groups in total. The average molecular weight is 449 g/mol. The highest BCUT2D eigenvalue weighted by molar-refractivity contribution is 9.10. The van der Waals surface area contributed by atoms with Crippen molar-refractivity contribution < 1.29 is 19.1 Å². The Hall–Kier alpha value is -2.54. The SMILES string of the molecule is CCOc1cc(Br)c(CC(=O)NCc2cccc(NC(C)=O)c2)cc1OCC. The fraction of sp³-hybridized carbons (Fsp3) is 0.333. The summed E-state index contributed by atoms with van der Waals surface area (Å²) in [5.41, 5.74) is 2.42. The second-order valence-corrected chi connectivity index (χ2v) is 6.95. The quantitative estimate of drug-likeness (QED) is 0.606. The maximum Gasteiger partial charge on any atom is 0.224 e. The van der Waals surface area contributed by atoms with Gasteiger partial charge in [-0.05, 0) is 49.2 Å². The van der Waals surface area contributed by atoms with Crippen molar-refractivity contribution in [1.29, 1.82) is 0 Å². The van der Waals surface area contributed by atoms with Crippen molar-refractivity contribution in [1.82, 2.24) is 5.32 Å². The maximum atomic E-state index is 12.4. The summed E-state index contributed by atoms with van der Waals surface area (Å²) in [7, 11) is 0. The van der Waals surface area contributed by atoms with E-state index < -0.39 is 0 Å². The Bertz CT molecular complexity index is 839. The van der Waals surface area contributed by atoms with Crippen LogP contribution in [0.25, 0.3) is 0 Å². The van der Waals surface area contributed by atoms with Gasteiger partial charge in [-0.1, -0.05) is 28.1 Å². The molecule has 6 nitrogen and oxygen atoms in total. The van der Waals surface area contributed by atoms with Crippen LogP contribution >= 0.6 is 15.9 Å². The lowest BCUT2D eigenvalue weighted by Crippen LogP contribution is -2.24. The number of amides is 2. The number of carbonyl (C=O) groups is 2. The first-order valence-corrected chi connectivity index (χ1v) is 9.93. The van der Waals surface area contributed by atoms with E-state index in [1.54, 1.807) is 6.07 Å². The molecule has 0 heterocycles. The molecule has 0 radical (unpaired) electrons. The number of ether oxygens (including phenoxy) is 2. The van der Waals surface area contributed by atoms with Gasteiger partial charge in [-0.2, -0.15) is 0 Å². The largest absolute Gasteiger partial charge is 0.490 e. The molecule has 0 saturated heterocycles. The summed E-state index contributed by atoms with van der Waals surface area (Å²) in [5.74, 6) is 1.03. The zero-order chi connectivity index (χ0) is 20.5. The van der Waals surface area contributed by atoms with Crippen LogP contribution in [0.15, 0.2) is 40.9 Å². The van der Waals surface area contributed by atoms with Crippen molar-refractivity contribution in [3.05, 3.63) is 52.0 Å². The van der Waals surface area contributed by atoms with E-state index in [9.17, 15) is 9.59 Å². The van der Waals surface area contributed by atoms with Crippen LogP contribution in [0.3, 0.4) is 0 Å². The van der Waals surface area contributed by atoms with Crippen molar-refractivity contribution in [2.45, 2.75) is 33.7 Å². The van der Waals surface area contributed by atoms with E-state index in [0.717, 1.165) is 15.6 Å². The highest BCUT2D eigenvalue weighted by Crippen LogP contribution is 2.34. The summed E-state index contributed by atoms with van der Waals surface area (Å²) < 4.78 is 12.0. The van der Waals surface area contributed by atoms with Gasteiger partial charge in [-0.15, -0.1) is 0 Å². The third kappa shape index (κ3) is 6.56. The minimum absolute atomic E-state index is 0.114. The number of hydrogen-bond acceptors (Lipinski definition) is 4. The Morgan fingerprint density at radius 2 is 1.71 bits per heavy atom. The molecular weight excluding hydrogens is 424 g/mol. The monoisotopic (exact) mass is 448 g/mol.